The van der Waals surface area contributed by atoms with Crippen molar-refractivity contribution >= 4 is 27.6 Å². The quantitative estimate of drug-likeness (QED) is 0.732. The highest BCUT2D eigenvalue weighted by Crippen LogP contribution is 2.27. The number of nitrogens with two attached hydrogens (primary N) is 1. The first-order valence-electron chi connectivity index (χ1n) is 5.35. The third-order valence-corrected chi connectivity index (χ3v) is 5.27. The number of sulfone groups is 1. The Labute approximate surface area is 110 Å². The number of quaternary nitrogens is 1. The monoisotopic (exact) mass is 287 g/mol. The number of carbonyl (C=O) groups excluding carboxylic acids is 1. The third kappa shape index (κ3) is 2.85. The summed E-state index contributed by atoms with van der Waals surface area (Å²) in [4.78, 5) is 11.0. The van der Waals surface area contributed by atoms with Gasteiger partial charge in [0, 0.05) is 11.8 Å². The Morgan fingerprint density at radius 2 is 2.00 bits per heavy atom. The Kier molecular flexibility index (Phi) is 3.65. The number of carboxylic acids is 1. The van der Waals surface area contributed by atoms with E-state index in [0.29, 0.717) is 5.75 Å². The SMILES string of the molecule is CS(=O)(=O)c1ccc([C@H]2[NH2+][C@H](C(=O)[O-])CS2)cc1. The lowest BCUT2D eigenvalue weighted by molar-refractivity contribution is -0.690. The molecule has 1 aromatic rings. The molecule has 2 atom stereocenters. The van der Waals surface area contributed by atoms with Crippen LogP contribution in [-0.4, -0.2) is 32.4 Å². The molecule has 1 fully saturated rings. The van der Waals surface area contributed by atoms with Crippen LogP contribution in [0, 0.1) is 0 Å². The Hall–Kier alpha value is -1.05. The molecule has 1 saturated heterocycles. The zero-order valence-electron chi connectivity index (χ0n) is 9.70. The van der Waals surface area contributed by atoms with Gasteiger partial charge in [0.1, 0.15) is 12.0 Å². The van der Waals surface area contributed by atoms with E-state index in [1.54, 1.807) is 29.6 Å². The molecule has 5 nitrogen and oxygen atoms in total. The minimum atomic E-state index is -3.19. The van der Waals surface area contributed by atoms with Crippen LogP contribution < -0.4 is 10.4 Å². The molecule has 1 aliphatic heterocycles. The number of benzene rings is 1. The summed E-state index contributed by atoms with van der Waals surface area (Å²) in [6.07, 6.45) is 1.16. The fraction of sp³-hybridized carbons (Fsp3) is 0.364. The number of hydrogen-bond acceptors (Lipinski definition) is 5. The Bertz CT molecular complexity index is 553. The van der Waals surface area contributed by atoms with Gasteiger partial charge in [0.05, 0.1) is 10.6 Å². The second-order valence-electron chi connectivity index (χ2n) is 4.21. The first-order chi connectivity index (χ1) is 8.38. The predicted molar refractivity (Wildman–Crippen MR) is 65.5 cm³/mol. The highest BCUT2D eigenvalue weighted by molar-refractivity contribution is 7.99. The van der Waals surface area contributed by atoms with E-state index in [4.69, 9.17) is 0 Å². The summed E-state index contributed by atoms with van der Waals surface area (Å²) in [6.45, 7) is 0. The van der Waals surface area contributed by atoms with E-state index >= 15 is 0 Å². The van der Waals surface area contributed by atoms with Gasteiger partial charge in [-0.05, 0) is 12.1 Å². The summed E-state index contributed by atoms with van der Waals surface area (Å²) in [5.74, 6) is -0.557. The fourth-order valence-corrected chi connectivity index (χ4v) is 3.73. The number of thioether (sulfide) groups is 1. The molecule has 0 spiro atoms. The van der Waals surface area contributed by atoms with E-state index in [1.807, 2.05) is 0 Å². The molecule has 0 bridgehead atoms. The first kappa shape index (κ1) is 13.4. The maximum Gasteiger partial charge on any atom is 0.175 e. The van der Waals surface area contributed by atoms with Crippen molar-refractivity contribution in [2.75, 3.05) is 12.0 Å². The molecule has 2 rings (SSSR count). The number of aliphatic carboxylic acids is 1. The normalized spacial score (nSPS) is 24.1. The van der Waals surface area contributed by atoms with Gasteiger partial charge in [-0.1, -0.05) is 23.9 Å². The molecule has 1 aromatic carbocycles. The number of carboxylic acid groups (broad SMARTS) is 1. The molecule has 0 unspecified atom stereocenters. The second-order valence-corrected chi connectivity index (χ2v) is 7.40. The lowest BCUT2D eigenvalue weighted by atomic mass is 10.2. The van der Waals surface area contributed by atoms with Crippen molar-refractivity contribution < 1.29 is 23.6 Å². The summed E-state index contributed by atoms with van der Waals surface area (Å²) in [7, 11) is -3.19. The van der Waals surface area contributed by atoms with Crippen LogP contribution in [0.3, 0.4) is 0 Å². The van der Waals surface area contributed by atoms with Crippen LogP contribution in [0.5, 0.6) is 0 Å². The van der Waals surface area contributed by atoms with Gasteiger partial charge >= 0.3 is 0 Å². The van der Waals surface area contributed by atoms with E-state index in [9.17, 15) is 18.3 Å². The van der Waals surface area contributed by atoms with Crippen molar-refractivity contribution in [1.29, 1.82) is 0 Å². The van der Waals surface area contributed by atoms with E-state index in [2.05, 4.69) is 0 Å². The van der Waals surface area contributed by atoms with Crippen molar-refractivity contribution in [2.45, 2.75) is 16.3 Å². The Balaban J connectivity index is 2.14. The van der Waals surface area contributed by atoms with Crippen LogP contribution >= 0.6 is 11.8 Å². The first-order valence-corrected chi connectivity index (χ1v) is 8.29. The third-order valence-electron chi connectivity index (χ3n) is 2.80. The maximum atomic E-state index is 11.3. The van der Waals surface area contributed by atoms with Crippen molar-refractivity contribution in [2.24, 2.45) is 0 Å². The van der Waals surface area contributed by atoms with Gasteiger partial charge < -0.3 is 15.2 Å². The van der Waals surface area contributed by atoms with Crippen molar-refractivity contribution in [3.8, 4) is 0 Å². The molecule has 2 N–H and O–H groups in total. The molecule has 0 aromatic heterocycles. The molecule has 1 heterocycles. The molecule has 0 amide bonds. The fourth-order valence-electron chi connectivity index (χ4n) is 1.79. The minimum Gasteiger partial charge on any atom is -0.544 e. The molecule has 7 heteroatoms. The van der Waals surface area contributed by atoms with E-state index < -0.39 is 21.8 Å². The number of carbonyl (C=O) groups is 1. The molecule has 18 heavy (non-hydrogen) atoms. The van der Waals surface area contributed by atoms with Crippen LogP contribution in [0.25, 0.3) is 0 Å². The second kappa shape index (κ2) is 4.91. The van der Waals surface area contributed by atoms with Gasteiger partial charge in [0.25, 0.3) is 0 Å². The van der Waals surface area contributed by atoms with Gasteiger partial charge in [-0.2, -0.15) is 0 Å². The van der Waals surface area contributed by atoms with Gasteiger partial charge in [0.2, 0.25) is 0 Å². The lowest BCUT2D eigenvalue weighted by Gasteiger charge is -2.11. The van der Waals surface area contributed by atoms with Crippen LogP contribution in [0.4, 0.5) is 0 Å². The Morgan fingerprint density at radius 1 is 1.39 bits per heavy atom. The average molecular weight is 287 g/mol. The van der Waals surface area contributed by atoms with Gasteiger partial charge in [0.15, 0.2) is 15.2 Å². The maximum absolute atomic E-state index is 11.3. The van der Waals surface area contributed by atoms with Gasteiger partial charge in [-0.25, -0.2) is 8.42 Å². The number of rotatable bonds is 3. The highest BCUT2D eigenvalue weighted by Gasteiger charge is 2.30. The zero-order valence-corrected chi connectivity index (χ0v) is 11.3. The number of hydrogen-bond donors (Lipinski definition) is 1. The minimum absolute atomic E-state index is 0.0125. The summed E-state index contributed by atoms with van der Waals surface area (Å²) in [6, 6.07) is 6.01. The van der Waals surface area contributed by atoms with Crippen molar-refractivity contribution in [3.63, 3.8) is 0 Å². The van der Waals surface area contributed by atoms with Crippen molar-refractivity contribution in [1.82, 2.24) is 0 Å². The molecule has 0 radical (unpaired) electrons. The largest absolute Gasteiger partial charge is 0.544 e. The lowest BCUT2D eigenvalue weighted by Crippen LogP contribution is -2.90. The molecule has 0 saturated carbocycles. The summed E-state index contributed by atoms with van der Waals surface area (Å²) < 4.78 is 22.6. The van der Waals surface area contributed by atoms with Gasteiger partial charge in [-0.3, -0.25) is 0 Å². The molecule has 0 aliphatic carbocycles. The van der Waals surface area contributed by atoms with Crippen LogP contribution in [0.2, 0.25) is 0 Å². The van der Waals surface area contributed by atoms with Crippen LogP contribution in [-0.2, 0) is 14.6 Å². The molecule has 1 aliphatic rings. The molecular weight excluding hydrogens is 274 g/mol. The van der Waals surface area contributed by atoms with Gasteiger partial charge in [-0.15, -0.1) is 0 Å². The molecular formula is C11H13NO4S2. The van der Waals surface area contributed by atoms with E-state index in [1.165, 1.54) is 11.8 Å². The zero-order chi connectivity index (χ0) is 13.3. The Morgan fingerprint density at radius 3 is 2.44 bits per heavy atom. The van der Waals surface area contributed by atoms with Crippen molar-refractivity contribution in [3.05, 3.63) is 29.8 Å². The van der Waals surface area contributed by atoms with Crippen LogP contribution in [0.15, 0.2) is 29.2 Å². The average Bonchev–Trinajstić information content (AvgIpc) is 2.77. The van der Waals surface area contributed by atoms with E-state index in [0.717, 1.165) is 11.8 Å². The van der Waals surface area contributed by atoms with E-state index in [-0.39, 0.29) is 10.3 Å². The highest BCUT2D eigenvalue weighted by atomic mass is 32.2. The smallest absolute Gasteiger partial charge is 0.175 e. The summed E-state index contributed by atoms with van der Waals surface area (Å²) in [5.41, 5.74) is 0.913. The van der Waals surface area contributed by atoms with Crippen LogP contribution in [0.1, 0.15) is 10.9 Å². The standard InChI is InChI=1S/C11H13NO4S2/c1-18(15,16)8-4-2-7(3-5-8)10-12-9(6-17-10)11(13)14/h2-5,9-10,12H,6H2,1H3,(H,13,14)/t9-,10-/m0/s1. The predicted octanol–water partition coefficient (Wildman–Crippen LogP) is -1.48. The summed E-state index contributed by atoms with van der Waals surface area (Å²) >= 11 is 1.52. The molecule has 98 valence electrons. The summed E-state index contributed by atoms with van der Waals surface area (Å²) in [5, 5.41) is 12.4. The topological polar surface area (TPSA) is 90.9 Å².